The minimum atomic E-state index is -3.71. The van der Waals surface area contributed by atoms with E-state index in [1.54, 1.807) is 13.2 Å². The highest BCUT2D eigenvalue weighted by atomic mass is 32.2. The third-order valence-electron chi connectivity index (χ3n) is 4.87. The Hall–Kier alpha value is -3.01. The lowest BCUT2D eigenvalue weighted by Crippen LogP contribution is -2.32. The van der Waals surface area contributed by atoms with E-state index in [-0.39, 0.29) is 11.4 Å². The lowest BCUT2D eigenvalue weighted by atomic mass is 10.2. The molecule has 0 saturated heterocycles. The number of benzene rings is 2. The zero-order valence-electron chi connectivity index (χ0n) is 18.0. The molecule has 0 fully saturated rings. The molecule has 9 heteroatoms. The minimum absolute atomic E-state index is 0.111. The molecule has 0 N–H and O–H groups in total. The summed E-state index contributed by atoms with van der Waals surface area (Å²) in [6.07, 6.45) is 3.73. The van der Waals surface area contributed by atoms with Crippen LogP contribution in [0.5, 0.6) is 5.75 Å². The lowest BCUT2D eigenvalue weighted by molar-refractivity contribution is 0.0998. The zero-order chi connectivity index (χ0) is 23.3. The van der Waals surface area contributed by atoms with Crippen LogP contribution in [-0.2, 0) is 17.1 Å². The molecular weight excluding hydrogens is 446 g/mol. The molecule has 1 heterocycles. The van der Waals surface area contributed by atoms with Crippen molar-refractivity contribution in [1.82, 2.24) is 8.87 Å². The number of ether oxygens (including phenoxy) is 1. The van der Waals surface area contributed by atoms with Crippen LogP contribution in [0.2, 0.25) is 0 Å². The SMILES string of the molecule is C=CCCN(CC=C)S(=O)(=O)c1ccc(C(=O)N=c2sc3cc(OC)ccc3n2C)cc1. The third-order valence-corrected chi connectivity index (χ3v) is 7.84. The fourth-order valence-corrected chi connectivity index (χ4v) is 5.58. The smallest absolute Gasteiger partial charge is 0.279 e. The second-order valence-corrected chi connectivity index (χ2v) is 9.89. The molecule has 168 valence electrons. The Bertz CT molecular complexity index is 1320. The number of amides is 1. The van der Waals surface area contributed by atoms with Gasteiger partial charge in [-0.2, -0.15) is 9.30 Å². The fraction of sp³-hybridized carbons (Fsp3) is 0.217. The van der Waals surface area contributed by atoms with Crippen LogP contribution in [0, 0.1) is 0 Å². The van der Waals surface area contributed by atoms with Gasteiger partial charge in [0.1, 0.15) is 5.75 Å². The van der Waals surface area contributed by atoms with Crippen LogP contribution < -0.4 is 9.54 Å². The molecule has 0 aliphatic carbocycles. The number of thiazole rings is 1. The normalized spacial score (nSPS) is 12.3. The standard InChI is InChI=1S/C23H25N3O4S2/c1-5-7-15-26(14-6-2)32(28,29)19-11-8-17(9-12-19)22(27)24-23-25(3)20-13-10-18(30-4)16-21(20)31-23/h5-6,8-13,16H,1-2,7,14-15H2,3-4H3. The summed E-state index contributed by atoms with van der Waals surface area (Å²) in [6.45, 7) is 7.77. The lowest BCUT2D eigenvalue weighted by Gasteiger charge is -2.20. The molecule has 0 aliphatic heterocycles. The summed E-state index contributed by atoms with van der Waals surface area (Å²) in [6, 6.07) is 11.5. The number of aromatic nitrogens is 1. The Balaban J connectivity index is 1.89. The van der Waals surface area contributed by atoms with Gasteiger partial charge in [-0.3, -0.25) is 4.79 Å². The van der Waals surface area contributed by atoms with Gasteiger partial charge in [0.05, 0.1) is 22.2 Å². The summed E-state index contributed by atoms with van der Waals surface area (Å²) >= 11 is 1.38. The quantitative estimate of drug-likeness (QED) is 0.445. The van der Waals surface area contributed by atoms with E-state index < -0.39 is 15.9 Å². The van der Waals surface area contributed by atoms with E-state index in [9.17, 15) is 13.2 Å². The van der Waals surface area contributed by atoms with E-state index >= 15 is 0 Å². The first-order valence-electron chi connectivity index (χ1n) is 9.86. The molecule has 0 bridgehead atoms. The molecule has 3 aromatic rings. The zero-order valence-corrected chi connectivity index (χ0v) is 19.7. The van der Waals surface area contributed by atoms with E-state index in [1.165, 1.54) is 46.0 Å². The molecule has 0 spiro atoms. The van der Waals surface area contributed by atoms with Crippen molar-refractivity contribution < 1.29 is 17.9 Å². The summed E-state index contributed by atoms with van der Waals surface area (Å²) in [5, 5.41) is 0. The van der Waals surface area contributed by atoms with Crippen molar-refractivity contribution in [3.05, 3.63) is 78.1 Å². The number of nitrogens with zero attached hydrogens (tertiary/aromatic N) is 3. The number of fused-ring (bicyclic) bond motifs is 1. The van der Waals surface area contributed by atoms with Crippen molar-refractivity contribution >= 4 is 37.5 Å². The Morgan fingerprint density at radius 3 is 2.53 bits per heavy atom. The molecule has 2 aromatic carbocycles. The van der Waals surface area contributed by atoms with Gasteiger partial charge < -0.3 is 9.30 Å². The van der Waals surface area contributed by atoms with E-state index in [0.29, 0.717) is 23.3 Å². The Morgan fingerprint density at radius 2 is 1.91 bits per heavy atom. The van der Waals surface area contributed by atoms with Gasteiger partial charge in [0.2, 0.25) is 10.0 Å². The van der Waals surface area contributed by atoms with Crippen molar-refractivity contribution in [3.8, 4) is 5.75 Å². The number of hydrogen-bond donors (Lipinski definition) is 0. The number of hydrogen-bond acceptors (Lipinski definition) is 5. The summed E-state index contributed by atoms with van der Waals surface area (Å²) < 4.78 is 35.2. The van der Waals surface area contributed by atoms with E-state index in [1.807, 2.05) is 29.8 Å². The van der Waals surface area contributed by atoms with Crippen molar-refractivity contribution in [2.75, 3.05) is 20.2 Å². The molecule has 32 heavy (non-hydrogen) atoms. The summed E-state index contributed by atoms with van der Waals surface area (Å²) in [5.41, 5.74) is 1.24. The van der Waals surface area contributed by atoms with Gasteiger partial charge in [-0.25, -0.2) is 8.42 Å². The molecule has 0 unspecified atom stereocenters. The average Bonchev–Trinajstić information content (AvgIpc) is 3.10. The fourth-order valence-electron chi connectivity index (χ4n) is 3.11. The number of sulfonamides is 1. The van der Waals surface area contributed by atoms with Crippen LogP contribution >= 0.6 is 11.3 Å². The predicted molar refractivity (Wildman–Crippen MR) is 127 cm³/mol. The molecular formula is C23H25N3O4S2. The summed E-state index contributed by atoms with van der Waals surface area (Å²) in [4.78, 5) is 17.6. The topological polar surface area (TPSA) is 81.0 Å². The van der Waals surface area contributed by atoms with Gasteiger partial charge in [0, 0.05) is 25.7 Å². The molecule has 1 amide bonds. The first kappa shape index (κ1) is 23.6. The maximum Gasteiger partial charge on any atom is 0.279 e. The first-order valence-corrected chi connectivity index (χ1v) is 12.1. The van der Waals surface area contributed by atoms with Crippen LogP contribution in [0.4, 0.5) is 0 Å². The van der Waals surface area contributed by atoms with Gasteiger partial charge in [-0.05, 0) is 48.9 Å². The molecule has 3 rings (SSSR count). The Morgan fingerprint density at radius 1 is 1.19 bits per heavy atom. The highest BCUT2D eigenvalue weighted by Crippen LogP contribution is 2.22. The highest BCUT2D eigenvalue weighted by molar-refractivity contribution is 7.89. The van der Waals surface area contributed by atoms with E-state index in [0.717, 1.165) is 16.0 Å². The average molecular weight is 472 g/mol. The van der Waals surface area contributed by atoms with Crippen LogP contribution in [-0.4, -0.2) is 43.4 Å². The summed E-state index contributed by atoms with van der Waals surface area (Å²) in [7, 11) is -0.270. The first-order chi connectivity index (χ1) is 15.3. The number of methoxy groups -OCH3 is 1. The molecule has 7 nitrogen and oxygen atoms in total. The minimum Gasteiger partial charge on any atom is -0.497 e. The largest absolute Gasteiger partial charge is 0.497 e. The maximum absolute atomic E-state index is 12.9. The van der Waals surface area contributed by atoms with Gasteiger partial charge in [-0.15, -0.1) is 13.2 Å². The number of aryl methyl sites for hydroxylation is 1. The van der Waals surface area contributed by atoms with Gasteiger partial charge in [-0.1, -0.05) is 23.5 Å². The predicted octanol–water partition coefficient (Wildman–Crippen LogP) is 3.74. The van der Waals surface area contributed by atoms with Crippen molar-refractivity contribution in [2.45, 2.75) is 11.3 Å². The van der Waals surface area contributed by atoms with E-state index in [2.05, 4.69) is 18.2 Å². The maximum atomic E-state index is 12.9. The van der Waals surface area contributed by atoms with Crippen molar-refractivity contribution in [2.24, 2.45) is 12.0 Å². The molecule has 0 radical (unpaired) electrons. The molecule has 0 aliphatic rings. The Labute approximate surface area is 191 Å². The second kappa shape index (κ2) is 10.1. The van der Waals surface area contributed by atoms with Crippen molar-refractivity contribution in [1.29, 1.82) is 0 Å². The monoisotopic (exact) mass is 471 g/mol. The van der Waals surface area contributed by atoms with Crippen LogP contribution in [0.15, 0.2) is 77.7 Å². The van der Waals surface area contributed by atoms with Crippen molar-refractivity contribution in [3.63, 3.8) is 0 Å². The van der Waals surface area contributed by atoms with Crippen LogP contribution in [0.25, 0.3) is 10.2 Å². The molecule has 0 atom stereocenters. The number of carbonyl (C=O) groups is 1. The van der Waals surface area contributed by atoms with Crippen LogP contribution in [0.1, 0.15) is 16.8 Å². The molecule has 0 saturated carbocycles. The van der Waals surface area contributed by atoms with E-state index in [4.69, 9.17) is 4.74 Å². The Kier molecular flexibility index (Phi) is 7.44. The second-order valence-electron chi connectivity index (χ2n) is 6.95. The van der Waals surface area contributed by atoms with Crippen LogP contribution in [0.3, 0.4) is 0 Å². The van der Waals surface area contributed by atoms with Gasteiger partial charge in [0.15, 0.2) is 4.80 Å². The summed E-state index contributed by atoms with van der Waals surface area (Å²) in [5.74, 6) is 0.283. The molecule has 1 aromatic heterocycles. The number of carbonyl (C=O) groups excluding carboxylic acids is 1. The third kappa shape index (κ3) is 4.90. The van der Waals surface area contributed by atoms with Gasteiger partial charge >= 0.3 is 0 Å². The number of rotatable bonds is 9. The van der Waals surface area contributed by atoms with Gasteiger partial charge in [0.25, 0.3) is 5.91 Å². The highest BCUT2D eigenvalue weighted by Gasteiger charge is 2.23.